The molecule has 1 aliphatic rings. The average Bonchev–Trinajstić information content (AvgIpc) is 3.35. The van der Waals surface area contributed by atoms with E-state index in [2.05, 4.69) is 10.2 Å². The maximum absolute atomic E-state index is 12.6. The lowest BCUT2D eigenvalue weighted by molar-refractivity contribution is -0.116. The molecule has 1 aromatic heterocycles. The summed E-state index contributed by atoms with van der Waals surface area (Å²) in [6.45, 7) is 0.453. The fourth-order valence-corrected chi connectivity index (χ4v) is 4.06. The molecule has 0 atom stereocenters. The second kappa shape index (κ2) is 7.08. The predicted octanol–water partition coefficient (Wildman–Crippen LogP) is 2.11. The number of carbonyl (C=O) groups is 1. The fourth-order valence-electron chi connectivity index (χ4n) is 3.09. The van der Waals surface area contributed by atoms with Crippen molar-refractivity contribution in [1.29, 1.82) is 0 Å². The molecule has 0 bridgehead atoms. The van der Waals surface area contributed by atoms with Crippen LogP contribution in [-0.2, 0) is 21.1 Å². The van der Waals surface area contributed by atoms with Gasteiger partial charge in [-0.3, -0.25) is 4.79 Å². The second-order valence-electron chi connectivity index (χ2n) is 6.28. The third-order valence-electron chi connectivity index (χ3n) is 4.51. The van der Waals surface area contributed by atoms with Gasteiger partial charge in [0, 0.05) is 17.8 Å². The maximum atomic E-state index is 12.6. The Morgan fingerprint density at radius 1 is 1.14 bits per heavy atom. The molecule has 144 valence electrons. The monoisotopic (exact) mass is 399 g/mol. The van der Waals surface area contributed by atoms with Gasteiger partial charge in [0.15, 0.2) is 0 Å². The molecule has 0 saturated heterocycles. The predicted molar refractivity (Wildman–Crippen MR) is 101 cm³/mol. The zero-order chi connectivity index (χ0) is 19.7. The second-order valence-corrected chi connectivity index (χ2v) is 8.15. The van der Waals surface area contributed by atoms with E-state index in [1.807, 2.05) is 18.2 Å². The molecule has 0 fully saturated rings. The van der Waals surface area contributed by atoms with Gasteiger partial charge in [0.05, 0.1) is 7.11 Å². The van der Waals surface area contributed by atoms with Gasteiger partial charge in [0.2, 0.25) is 21.6 Å². The summed E-state index contributed by atoms with van der Waals surface area (Å²) in [4.78, 5) is 14.1. The zero-order valence-electron chi connectivity index (χ0n) is 15.0. The Balaban J connectivity index is 1.53. The van der Waals surface area contributed by atoms with Crippen molar-refractivity contribution in [2.45, 2.75) is 11.6 Å². The number of para-hydroxylation sites is 1. The molecule has 0 saturated carbocycles. The minimum Gasteiger partial charge on any atom is -0.497 e. The molecule has 3 aromatic rings. The van der Waals surface area contributed by atoms with Gasteiger partial charge in [-0.15, -0.1) is 5.10 Å². The van der Waals surface area contributed by atoms with E-state index in [9.17, 15) is 13.2 Å². The zero-order valence-corrected chi connectivity index (χ0v) is 15.8. The van der Waals surface area contributed by atoms with Crippen molar-refractivity contribution in [3.63, 3.8) is 0 Å². The molecule has 0 aliphatic carbocycles. The first-order chi connectivity index (χ1) is 13.5. The lowest BCUT2D eigenvalue weighted by atomic mass is 10.2. The molecule has 1 amide bonds. The largest absolute Gasteiger partial charge is 0.497 e. The van der Waals surface area contributed by atoms with Gasteiger partial charge in [0.1, 0.15) is 11.5 Å². The summed E-state index contributed by atoms with van der Waals surface area (Å²) in [5, 5.41) is 6.84. The van der Waals surface area contributed by atoms with Crippen molar-refractivity contribution in [3.05, 3.63) is 54.1 Å². The van der Waals surface area contributed by atoms with E-state index in [-0.39, 0.29) is 5.89 Å². The molecule has 2 aromatic carbocycles. The normalized spacial score (nSPS) is 13.4. The van der Waals surface area contributed by atoms with E-state index in [1.165, 1.54) is 4.90 Å². The van der Waals surface area contributed by atoms with E-state index in [4.69, 9.17) is 9.15 Å². The van der Waals surface area contributed by atoms with Crippen LogP contribution in [-0.4, -0.2) is 43.9 Å². The van der Waals surface area contributed by atoms with Gasteiger partial charge < -0.3 is 14.1 Å². The standard InChI is InChI=1S/C19H17N3O5S/c1-26-15-8-6-14(7-9-15)18-20-21-19(27-18)28(24,25)12-17(23)22-11-10-13-4-2-3-5-16(13)22/h2-9H,10-12H2,1H3. The van der Waals surface area contributed by atoms with E-state index < -0.39 is 26.7 Å². The molecule has 9 heteroatoms. The number of ether oxygens (including phenoxy) is 1. The van der Waals surface area contributed by atoms with E-state index >= 15 is 0 Å². The Hall–Kier alpha value is -3.20. The minimum atomic E-state index is -4.06. The summed E-state index contributed by atoms with van der Waals surface area (Å²) < 4.78 is 35.6. The van der Waals surface area contributed by atoms with Crippen molar-refractivity contribution < 1.29 is 22.4 Å². The smallest absolute Gasteiger partial charge is 0.336 e. The van der Waals surface area contributed by atoms with Crippen molar-refractivity contribution >= 4 is 21.4 Å². The van der Waals surface area contributed by atoms with Crippen LogP contribution in [0, 0.1) is 0 Å². The van der Waals surface area contributed by atoms with Crippen LogP contribution in [0.15, 0.2) is 58.2 Å². The number of sulfone groups is 1. The first-order valence-electron chi connectivity index (χ1n) is 8.57. The number of carbonyl (C=O) groups excluding carboxylic acids is 1. The number of amides is 1. The first-order valence-corrected chi connectivity index (χ1v) is 10.2. The SMILES string of the molecule is COc1ccc(-c2nnc(S(=O)(=O)CC(=O)N3CCc4ccccc43)o2)cc1. The number of hydrogen-bond acceptors (Lipinski definition) is 7. The number of rotatable bonds is 5. The van der Waals surface area contributed by atoms with E-state index in [1.54, 1.807) is 37.4 Å². The Labute approximate surface area is 161 Å². The Morgan fingerprint density at radius 2 is 1.89 bits per heavy atom. The molecule has 1 aliphatic heterocycles. The molecule has 2 heterocycles. The van der Waals surface area contributed by atoms with Crippen molar-refractivity contribution in [1.82, 2.24) is 10.2 Å². The van der Waals surface area contributed by atoms with E-state index in [0.717, 1.165) is 11.3 Å². The minimum absolute atomic E-state index is 0.0557. The summed E-state index contributed by atoms with van der Waals surface area (Å²) in [6.07, 6.45) is 0.699. The Bertz CT molecular complexity index is 1120. The quantitative estimate of drug-likeness (QED) is 0.647. The van der Waals surface area contributed by atoms with Crippen LogP contribution < -0.4 is 9.64 Å². The number of methoxy groups -OCH3 is 1. The number of hydrogen-bond donors (Lipinski definition) is 0. The van der Waals surface area contributed by atoms with Gasteiger partial charge >= 0.3 is 5.22 Å². The summed E-state index contributed by atoms with van der Waals surface area (Å²) in [6, 6.07) is 14.2. The molecule has 0 radical (unpaired) electrons. The average molecular weight is 399 g/mol. The molecular formula is C19H17N3O5S. The molecule has 0 unspecified atom stereocenters. The Kier molecular flexibility index (Phi) is 4.60. The highest BCUT2D eigenvalue weighted by Crippen LogP contribution is 2.28. The maximum Gasteiger partial charge on any atom is 0.336 e. The van der Waals surface area contributed by atoms with Crippen LogP contribution in [0.5, 0.6) is 5.75 Å². The van der Waals surface area contributed by atoms with Gasteiger partial charge in [-0.05, 0) is 42.3 Å². The molecule has 0 spiro atoms. The van der Waals surface area contributed by atoms with Crippen LogP contribution in [0.3, 0.4) is 0 Å². The summed E-state index contributed by atoms with van der Waals surface area (Å²) in [7, 11) is -2.51. The lowest BCUT2D eigenvalue weighted by Crippen LogP contribution is -2.34. The van der Waals surface area contributed by atoms with Crippen LogP contribution in [0.25, 0.3) is 11.5 Å². The molecule has 4 rings (SSSR count). The first kappa shape index (κ1) is 18.2. The van der Waals surface area contributed by atoms with Gasteiger partial charge in [0.25, 0.3) is 0 Å². The number of benzene rings is 2. The highest BCUT2D eigenvalue weighted by Gasteiger charge is 2.31. The van der Waals surface area contributed by atoms with Gasteiger partial charge in [-0.2, -0.15) is 0 Å². The summed E-state index contributed by atoms with van der Waals surface area (Å²) in [5.41, 5.74) is 2.31. The Morgan fingerprint density at radius 3 is 2.64 bits per heavy atom. The van der Waals surface area contributed by atoms with Crippen LogP contribution >= 0.6 is 0 Å². The van der Waals surface area contributed by atoms with Crippen molar-refractivity contribution in [2.75, 3.05) is 24.3 Å². The molecular weight excluding hydrogens is 382 g/mol. The molecule has 28 heavy (non-hydrogen) atoms. The third-order valence-corrected chi connectivity index (χ3v) is 5.84. The number of anilines is 1. The van der Waals surface area contributed by atoms with Crippen molar-refractivity contribution in [2.24, 2.45) is 0 Å². The topological polar surface area (TPSA) is 103 Å². The highest BCUT2D eigenvalue weighted by atomic mass is 32.2. The van der Waals surface area contributed by atoms with E-state index in [0.29, 0.717) is 24.3 Å². The van der Waals surface area contributed by atoms with Gasteiger partial charge in [-0.25, -0.2) is 8.42 Å². The van der Waals surface area contributed by atoms with Crippen LogP contribution in [0.4, 0.5) is 5.69 Å². The number of aromatic nitrogens is 2. The van der Waals surface area contributed by atoms with Crippen molar-refractivity contribution in [3.8, 4) is 17.2 Å². The third kappa shape index (κ3) is 3.36. The number of fused-ring (bicyclic) bond motifs is 1. The highest BCUT2D eigenvalue weighted by molar-refractivity contribution is 7.91. The molecule has 0 N–H and O–H groups in total. The number of nitrogens with zero attached hydrogens (tertiary/aromatic N) is 3. The molecule has 8 nitrogen and oxygen atoms in total. The fraction of sp³-hybridized carbons (Fsp3) is 0.211. The lowest BCUT2D eigenvalue weighted by Gasteiger charge is -2.16. The summed E-state index contributed by atoms with van der Waals surface area (Å²) >= 11 is 0. The van der Waals surface area contributed by atoms with Gasteiger partial charge in [-0.1, -0.05) is 23.3 Å². The van der Waals surface area contributed by atoms with Crippen LogP contribution in [0.2, 0.25) is 0 Å². The van der Waals surface area contributed by atoms with Crippen LogP contribution in [0.1, 0.15) is 5.56 Å². The summed E-state index contributed by atoms with van der Waals surface area (Å²) in [5.74, 6) is -0.548.